The SMILES string of the molecule is CC(C)(O)CNC1CCCCC1C(F)(F)F. The molecule has 1 aliphatic carbocycles. The first-order valence-electron chi connectivity index (χ1n) is 5.72. The van der Waals surface area contributed by atoms with Gasteiger partial charge in [-0.05, 0) is 26.7 Å². The summed E-state index contributed by atoms with van der Waals surface area (Å²) in [5.74, 6) is -1.26. The normalized spacial score (nSPS) is 28.1. The number of rotatable bonds is 3. The molecule has 0 radical (unpaired) electrons. The molecule has 2 unspecified atom stereocenters. The van der Waals surface area contributed by atoms with E-state index in [9.17, 15) is 18.3 Å². The maximum Gasteiger partial charge on any atom is 0.393 e. The van der Waals surface area contributed by atoms with Crippen molar-refractivity contribution < 1.29 is 18.3 Å². The van der Waals surface area contributed by atoms with Crippen molar-refractivity contribution in [3.8, 4) is 0 Å². The third kappa shape index (κ3) is 4.29. The first kappa shape index (κ1) is 13.8. The van der Waals surface area contributed by atoms with Crippen LogP contribution in [0.4, 0.5) is 13.2 Å². The van der Waals surface area contributed by atoms with Gasteiger partial charge in [0, 0.05) is 12.6 Å². The minimum absolute atomic E-state index is 0.199. The molecule has 0 amide bonds. The number of alkyl halides is 3. The van der Waals surface area contributed by atoms with Crippen molar-refractivity contribution in [2.75, 3.05) is 6.54 Å². The molecule has 1 rings (SSSR count). The molecule has 0 bridgehead atoms. The van der Waals surface area contributed by atoms with E-state index in [0.717, 1.165) is 6.42 Å². The van der Waals surface area contributed by atoms with Crippen LogP contribution >= 0.6 is 0 Å². The van der Waals surface area contributed by atoms with Crippen LogP contribution in [0.1, 0.15) is 39.5 Å². The van der Waals surface area contributed by atoms with Crippen molar-refractivity contribution in [2.45, 2.75) is 57.3 Å². The second-order valence-corrected chi connectivity index (χ2v) is 5.23. The molecule has 2 N–H and O–H groups in total. The smallest absolute Gasteiger partial charge is 0.389 e. The van der Waals surface area contributed by atoms with Gasteiger partial charge < -0.3 is 10.4 Å². The lowest BCUT2D eigenvalue weighted by atomic mass is 9.83. The standard InChI is InChI=1S/C11H20F3NO/c1-10(2,16)7-15-9-6-4-3-5-8(9)11(12,13)14/h8-9,15-16H,3-7H2,1-2H3. The van der Waals surface area contributed by atoms with Gasteiger partial charge in [-0.1, -0.05) is 12.8 Å². The van der Waals surface area contributed by atoms with Gasteiger partial charge in [-0.3, -0.25) is 0 Å². The summed E-state index contributed by atoms with van der Waals surface area (Å²) in [6.45, 7) is 3.38. The van der Waals surface area contributed by atoms with Gasteiger partial charge in [-0.2, -0.15) is 13.2 Å². The average molecular weight is 239 g/mol. The van der Waals surface area contributed by atoms with Crippen LogP contribution in [-0.2, 0) is 0 Å². The van der Waals surface area contributed by atoms with Gasteiger partial charge in [0.1, 0.15) is 0 Å². The summed E-state index contributed by atoms with van der Waals surface area (Å²) in [5, 5.41) is 12.3. The fraction of sp³-hybridized carbons (Fsp3) is 1.00. The molecule has 0 heterocycles. The van der Waals surface area contributed by atoms with Gasteiger partial charge in [0.05, 0.1) is 11.5 Å². The van der Waals surface area contributed by atoms with Crippen LogP contribution in [0.15, 0.2) is 0 Å². The highest BCUT2D eigenvalue weighted by molar-refractivity contribution is 4.87. The summed E-state index contributed by atoms with van der Waals surface area (Å²) in [7, 11) is 0. The highest BCUT2D eigenvalue weighted by atomic mass is 19.4. The summed E-state index contributed by atoms with van der Waals surface area (Å²) < 4.78 is 38.1. The molecule has 1 fully saturated rings. The molecule has 0 aromatic carbocycles. The Bertz CT molecular complexity index is 222. The third-order valence-electron chi connectivity index (χ3n) is 2.98. The Kier molecular flexibility index (Phi) is 4.23. The van der Waals surface area contributed by atoms with Crippen molar-refractivity contribution in [2.24, 2.45) is 5.92 Å². The summed E-state index contributed by atoms with van der Waals surface area (Å²) in [6.07, 6.45) is -1.91. The highest BCUT2D eigenvalue weighted by Crippen LogP contribution is 2.37. The van der Waals surface area contributed by atoms with E-state index >= 15 is 0 Å². The van der Waals surface area contributed by atoms with Crippen molar-refractivity contribution in [3.05, 3.63) is 0 Å². The zero-order valence-corrected chi connectivity index (χ0v) is 9.77. The molecule has 2 nitrogen and oxygen atoms in total. The second kappa shape index (κ2) is 4.92. The first-order chi connectivity index (χ1) is 7.20. The predicted octanol–water partition coefficient (Wildman–Crippen LogP) is 2.47. The molecule has 16 heavy (non-hydrogen) atoms. The Labute approximate surface area is 94.2 Å². The van der Waals surface area contributed by atoms with Gasteiger partial charge in [-0.15, -0.1) is 0 Å². The summed E-state index contributed by atoms with van der Waals surface area (Å²) in [5.41, 5.74) is -0.965. The largest absolute Gasteiger partial charge is 0.393 e. The molecule has 5 heteroatoms. The van der Waals surface area contributed by atoms with Crippen LogP contribution in [0.25, 0.3) is 0 Å². The minimum Gasteiger partial charge on any atom is -0.389 e. The summed E-state index contributed by atoms with van der Waals surface area (Å²) in [6, 6.07) is -0.542. The van der Waals surface area contributed by atoms with Gasteiger partial charge in [-0.25, -0.2) is 0 Å². The molecule has 0 aliphatic heterocycles. The quantitative estimate of drug-likeness (QED) is 0.793. The molecule has 0 spiro atoms. The predicted molar refractivity (Wildman–Crippen MR) is 56.1 cm³/mol. The van der Waals surface area contributed by atoms with Crippen molar-refractivity contribution in [3.63, 3.8) is 0 Å². The molecule has 0 aromatic rings. The van der Waals surface area contributed by atoms with Crippen LogP contribution in [0.5, 0.6) is 0 Å². The van der Waals surface area contributed by atoms with Crippen molar-refractivity contribution in [1.82, 2.24) is 5.32 Å². The lowest BCUT2D eigenvalue weighted by Crippen LogP contribution is -2.49. The second-order valence-electron chi connectivity index (χ2n) is 5.23. The third-order valence-corrected chi connectivity index (χ3v) is 2.98. The van der Waals surface area contributed by atoms with Crippen LogP contribution < -0.4 is 5.32 Å². The van der Waals surface area contributed by atoms with Gasteiger partial charge in [0.2, 0.25) is 0 Å². The van der Waals surface area contributed by atoms with Crippen molar-refractivity contribution in [1.29, 1.82) is 0 Å². The number of hydrogen-bond acceptors (Lipinski definition) is 2. The van der Waals surface area contributed by atoms with E-state index in [1.54, 1.807) is 13.8 Å². The zero-order valence-electron chi connectivity index (χ0n) is 9.77. The fourth-order valence-corrected chi connectivity index (χ4v) is 2.15. The lowest BCUT2D eigenvalue weighted by Gasteiger charge is -2.35. The van der Waals surface area contributed by atoms with Crippen molar-refractivity contribution >= 4 is 0 Å². The van der Waals surface area contributed by atoms with Crippen LogP contribution in [0.2, 0.25) is 0 Å². The monoisotopic (exact) mass is 239 g/mol. The summed E-state index contributed by atoms with van der Waals surface area (Å²) in [4.78, 5) is 0. The Balaban J connectivity index is 2.54. The fourth-order valence-electron chi connectivity index (χ4n) is 2.15. The Morgan fingerprint density at radius 2 is 1.75 bits per heavy atom. The van der Waals surface area contributed by atoms with E-state index in [1.807, 2.05) is 0 Å². The summed E-state index contributed by atoms with van der Waals surface area (Å²) >= 11 is 0. The Morgan fingerprint density at radius 1 is 1.19 bits per heavy atom. The molecule has 1 saturated carbocycles. The topological polar surface area (TPSA) is 32.3 Å². The van der Waals surface area contributed by atoms with Crippen LogP contribution in [0.3, 0.4) is 0 Å². The minimum atomic E-state index is -4.13. The highest BCUT2D eigenvalue weighted by Gasteiger charge is 2.45. The molecule has 0 saturated heterocycles. The maximum atomic E-state index is 12.7. The van der Waals surface area contributed by atoms with E-state index in [-0.39, 0.29) is 13.0 Å². The van der Waals surface area contributed by atoms with Crippen LogP contribution in [-0.4, -0.2) is 29.5 Å². The van der Waals surface area contributed by atoms with E-state index in [0.29, 0.717) is 12.8 Å². The zero-order chi connectivity index (χ0) is 12.4. The Hall–Kier alpha value is -0.290. The molecule has 2 atom stereocenters. The van der Waals surface area contributed by atoms with Gasteiger partial charge >= 0.3 is 6.18 Å². The number of hydrogen-bond donors (Lipinski definition) is 2. The average Bonchev–Trinajstić information content (AvgIpc) is 2.12. The van der Waals surface area contributed by atoms with Gasteiger partial charge in [0.15, 0.2) is 0 Å². The van der Waals surface area contributed by atoms with E-state index in [2.05, 4.69) is 5.32 Å². The number of aliphatic hydroxyl groups is 1. The molecular weight excluding hydrogens is 219 g/mol. The van der Waals surface area contributed by atoms with E-state index < -0.39 is 23.7 Å². The van der Waals surface area contributed by atoms with E-state index in [4.69, 9.17) is 0 Å². The van der Waals surface area contributed by atoms with Crippen LogP contribution in [0, 0.1) is 5.92 Å². The molecular formula is C11H20F3NO. The number of halogens is 3. The molecule has 1 aliphatic rings. The first-order valence-corrected chi connectivity index (χ1v) is 5.72. The number of nitrogens with one attached hydrogen (secondary N) is 1. The maximum absolute atomic E-state index is 12.7. The Morgan fingerprint density at radius 3 is 2.25 bits per heavy atom. The molecule has 96 valence electrons. The lowest BCUT2D eigenvalue weighted by molar-refractivity contribution is -0.189. The molecule has 0 aromatic heterocycles. The van der Waals surface area contributed by atoms with E-state index in [1.165, 1.54) is 0 Å². The van der Waals surface area contributed by atoms with Gasteiger partial charge in [0.25, 0.3) is 0 Å².